The van der Waals surface area contributed by atoms with E-state index in [1.807, 2.05) is 35.5 Å². The molecule has 2 unspecified atom stereocenters. The van der Waals surface area contributed by atoms with Gasteiger partial charge in [0.15, 0.2) is 0 Å². The standard InChI is InChI=1S/C11H15NO3S/c1-9-7-12(16(13)15-9)8-10-3-5-11(14-2)6-4-10/h3-6,9H,7-8H2,1-2H3. The third-order valence-electron chi connectivity index (χ3n) is 2.44. The maximum atomic E-state index is 11.5. The molecule has 5 heteroatoms. The number of nitrogens with zero attached hydrogens (tertiary/aromatic N) is 1. The monoisotopic (exact) mass is 241 g/mol. The molecule has 1 aliphatic heterocycles. The zero-order chi connectivity index (χ0) is 11.5. The van der Waals surface area contributed by atoms with Crippen molar-refractivity contribution < 1.29 is 13.1 Å². The first kappa shape index (κ1) is 11.6. The lowest BCUT2D eigenvalue weighted by atomic mass is 10.2. The van der Waals surface area contributed by atoms with E-state index in [2.05, 4.69) is 0 Å². The van der Waals surface area contributed by atoms with E-state index in [-0.39, 0.29) is 6.10 Å². The van der Waals surface area contributed by atoms with Crippen molar-refractivity contribution in [1.29, 1.82) is 0 Å². The minimum atomic E-state index is -1.30. The topological polar surface area (TPSA) is 38.8 Å². The van der Waals surface area contributed by atoms with Gasteiger partial charge in [0.05, 0.1) is 13.2 Å². The van der Waals surface area contributed by atoms with Crippen molar-refractivity contribution in [2.24, 2.45) is 0 Å². The number of benzene rings is 1. The minimum absolute atomic E-state index is 0.0408. The number of rotatable bonds is 3. The second-order valence-corrected chi connectivity index (χ2v) is 4.94. The first-order valence-corrected chi connectivity index (χ1v) is 6.19. The van der Waals surface area contributed by atoms with E-state index in [0.29, 0.717) is 13.1 Å². The van der Waals surface area contributed by atoms with Gasteiger partial charge in [0.25, 0.3) is 0 Å². The van der Waals surface area contributed by atoms with E-state index < -0.39 is 11.3 Å². The summed E-state index contributed by atoms with van der Waals surface area (Å²) >= 11 is -1.30. The van der Waals surface area contributed by atoms with Crippen LogP contribution in [0.5, 0.6) is 5.75 Å². The van der Waals surface area contributed by atoms with E-state index in [4.69, 9.17) is 8.92 Å². The summed E-state index contributed by atoms with van der Waals surface area (Å²) in [6.45, 7) is 3.27. The summed E-state index contributed by atoms with van der Waals surface area (Å²) in [5, 5.41) is 0. The molecule has 0 aromatic heterocycles. The lowest BCUT2D eigenvalue weighted by Gasteiger charge is -2.11. The lowest BCUT2D eigenvalue weighted by molar-refractivity contribution is 0.276. The predicted octanol–water partition coefficient (Wildman–Crippen LogP) is 1.49. The fourth-order valence-corrected chi connectivity index (χ4v) is 2.68. The van der Waals surface area contributed by atoms with Crippen molar-refractivity contribution in [3.8, 4) is 5.75 Å². The number of hydrogen-bond acceptors (Lipinski definition) is 3. The molecule has 88 valence electrons. The molecule has 0 saturated carbocycles. The molecule has 0 radical (unpaired) electrons. The summed E-state index contributed by atoms with van der Waals surface area (Å²) in [5.74, 6) is 0.830. The van der Waals surface area contributed by atoms with Gasteiger partial charge in [-0.2, -0.15) is 4.31 Å². The molecule has 2 atom stereocenters. The van der Waals surface area contributed by atoms with Gasteiger partial charge in [-0.1, -0.05) is 12.1 Å². The Hall–Kier alpha value is -0.910. The first-order valence-electron chi connectivity index (χ1n) is 5.16. The molecule has 16 heavy (non-hydrogen) atoms. The zero-order valence-corrected chi connectivity index (χ0v) is 10.2. The Balaban J connectivity index is 2.01. The molecule has 1 heterocycles. The number of methoxy groups -OCH3 is 1. The highest BCUT2D eigenvalue weighted by Crippen LogP contribution is 2.18. The molecule has 2 rings (SSSR count). The number of ether oxygens (including phenoxy) is 1. The molecular weight excluding hydrogens is 226 g/mol. The Kier molecular flexibility index (Phi) is 3.58. The molecule has 0 N–H and O–H groups in total. The van der Waals surface area contributed by atoms with Gasteiger partial charge in [0.2, 0.25) is 11.3 Å². The Bertz CT molecular complexity index is 379. The van der Waals surface area contributed by atoms with Crippen LogP contribution in [-0.2, 0) is 22.0 Å². The van der Waals surface area contributed by atoms with Crippen LogP contribution in [0.15, 0.2) is 24.3 Å². The molecule has 1 aromatic carbocycles. The van der Waals surface area contributed by atoms with Crippen LogP contribution < -0.4 is 4.74 Å². The Morgan fingerprint density at radius 2 is 2.19 bits per heavy atom. The highest BCUT2D eigenvalue weighted by molar-refractivity contribution is 7.77. The normalized spacial score (nSPS) is 25.9. The largest absolute Gasteiger partial charge is 0.497 e. The summed E-state index contributed by atoms with van der Waals surface area (Å²) in [6.07, 6.45) is 0.0408. The van der Waals surface area contributed by atoms with Gasteiger partial charge in [-0.25, -0.2) is 4.21 Å². The van der Waals surface area contributed by atoms with Crippen LogP contribution in [0.1, 0.15) is 12.5 Å². The highest BCUT2D eigenvalue weighted by atomic mass is 32.2. The predicted molar refractivity (Wildman–Crippen MR) is 62.1 cm³/mol. The van der Waals surface area contributed by atoms with Crippen molar-refractivity contribution >= 4 is 11.3 Å². The third-order valence-corrected chi connectivity index (χ3v) is 3.63. The average Bonchev–Trinajstić information content (AvgIpc) is 2.59. The molecule has 0 aliphatic carbocycles. The van der Waals surface area contributed by atoms with Crippen molar-refractivity contribution in [2.75, 3.05) is 13.7 Å². The second-order valence-electron chi connectivity index (χ2n) is 3.79. The molecule has 0 bridgehead atoms. The SMILES string of the molecule is COc1ccc(CN2CC(C)OS2=O)cc1. The van der Waals surface area contributed by atoms with Crippen LogP contribution in [-0.4, -0.2) is 28.3 Å². The summed E-state index contributed by atoms with van der Waals surface area (Å²) in [6, 6.07) is 7.75. The Labute approximate surface area is 98.0 Å². The van der Waals surface area contributed by atoms with Crippen molar-refractivity contribution in [1.82, 2.24) is 4.31 Å². The van der Waals surface area contributed by atoms with E-state index >= 15 is 0 Å². The van der Waals surface area contributed by atoms with Crippen LogP contribution in [0.4, 0.5) is 0 Å². The van der Waals surface area contributed by atoms with Gasteiger partial charge in [-0.3, -0.25) is 4.18 Å². The van der Waals surface area contributed by atoms with E-state index in [9.17, 15) is 4.21 Å². The molecule has 1 aromatic rings. The van der Waals surface area contributed by atoms with Gasteiger partial charge in [0, 0.05) is 13.1 Å². The van der Waals surface area contributed by atoms with Gasteiger partial charge < -0.3 is 4.74 Å². The van der Waals surface area contributed by atoms with Crippen LogP contribution in [0, 0.1) is 0 Å². The van der Waals surface area contributed by atoms with Gasteiger partial charge >= 0.3 is 0 Å². The third kappa shape index (κ3) is 2.61. The Morgan fingerprint density at radius 1 is 1.50 bits per heavy atom. The first-order chi connectivity index (χ1) is 7.69. The zero-order valence-electron chi connectivity index (χ0n) is 9.38. The van der Waals surface area contributed by atoms with E-state index in [0.717, 1.165) is 11.3 Å². The fourth-order valence-electron chi connectivity index (χ4n) is 1.63. The molecule has 0 amide bonds. The quantitative estimate of drug-likeness (QED) is 0.805. The summed E-state index contributed by atoms with van der Waals surface area (Å²) in [5.41, 5.74) is 1.10. The van der Waals surface area contributed by atoms with E-state index in [1.54, 1.807) is 7.11 Å². The molecule has 1 saturated heterocycles. The molecule has 1 aliphatic rings. The van der Waals surface area contributed by atoms with Crippen LogP contribution in [0.3, 0.4) is 0 Å². The van der Waals surface area contributed by atoms with Crippen molar-refractivity contribution in [3.63, 3.8) is 0 Å². The smallest absolute Gasteiger partial charge is 0.237 e. The summed E-state index contributed by atoms with van der Waals surface area (Å²) in [7, 11) is 1.64. The maximum absolute atomic E-state index is 11.5. The maximum Gasteiger partial charge on any atom is 0.237 e. The van der Waals surface area contributed by atoms with Gasteiger partial charge in [-0.15, -0.1) is 0 Å². The Morgan fingerprint density at radius 3 is 2.69 bits per heavy atom. The minimum Gasteiger partial charge on any atom is -0.497 e. The van der Waals surface area contributed by atoms with Crippen LogP contribution >= 0.6 is 0 Å². The van der Waals surface area contributed by atoms with Crippen molar-refractivity contribution in [2.45, 2.75) is 19.6 Å². The summed E-state index contributed by atoms with van der Waals surface area (Å²) < 4.78 is 23.6. The highest BCUT2D eigenvalue weighted by Gasteiger charge is 2.27. The lowest BCUT2D eigenvalue weighted by Crippen LogP contribution is -2.21. The number of hydrogen-bond donors (Lipinski definition) is 0. The molecule has 4 nitrogen and oxygen atoms in total. The second kappa shape index (κ2) is 4.95. The molecular formula is C11H15NO3S. The van der Waals surface area contributed by atoms with Crippen molar-refractivity contribution in [3.05, 3.63) is 29.8 Å². The van der Waals surface area contributed by atoms with Gasteiger partial charge in [0.1, 0.15) is 5.75 Å². The average molecular weight is 241 g/mol. The molecule has 1 fully saturated rings. The van der Waals surface area contributed by atoms with E-state index in [1.165, 1.54) is 0 Å². The molecule has 0 spiro atoms. The van der Waals surface area contributed by atoms with Crippen LogP contribution in [0.25, 0.3) is 0 Å². The van der Waals surface area contributed by atoms with Gasteiger partial charge in [-0.05, 0) is 24.6 Å². The van der Waals surface area contributed by atoms with Crippen LogP contribution in [0.2, 0.25) is 0 Å². The fraction of sp³-hybridized carbons (Fsp3) is 0.455. The summed E-state index contributed by atoms with van der Waals surface area (Å²) in [4.78, 5) is 0.